The Morgan fingerprint density at radius 2 is 1.16 bits per heavy atom. The minimum atomic E-state index is -0.435. The number of halogens is 1. The molecule has 6 aromatic rings. The van der Waals surface area contributed by atoms with Gasteiger partial charge in [-0.2, -0.15) is 0 Å². The van der Waals surface area contributed by atoms with Crippen molar-refractivity contribution in [3.8, 4) is 22.5 Å². The number of Topliss-reactive ketones (excluding diaryl/α,β-unsaturated/α-hetero) is 2. The van der Waals surface area contributed by atoms with Crippen LogP contribution >= 0.6 is 11.6 Å². The van der Waals surface area contributed by atoms with Crippen LogP contribution in [0.15, 0.2) is 91.5 Å². The van der Waals surface area contributed by atoms with Gasteiger partial charge in [-0.05, 0) is 84.7 Å². The highest BCUT2D eigenvalue weighted by Crippen LogP contribution is 2.45. The van der Waals surface area contributed by atoms with Crippen molar-refractivity contribution < 1.29 is 14.5 Å². The Balaban J connectivity index is 0.000000169. The summed E-state index contributed by atoms with van der Waals surface area (Å²) >= 11 is 6.30. The molecule has 0 atom stereocenters. The smallest absolute Gasteiger partial charge is 0.269 e. The summed E-state index contributed by atoms with van der Waals surface area (Å²) in [6, 6.07) is 19.6. The number of nitrogens with zero attached hydrogens (tertiary/aromatic N) is 3. The fourth-order valence-electron chi connectivity index (χ4n) is 7.52. The fraction of sp³-hybridized carbons (Fsp3) is 0.256. The average Bonchev–Trinajstić information content (AvgIpc) is 3.68. The SMILES string of the molecule is CC1(C)CC(=O)c2c([nH]c(-c3ccncc3)c2Nc2ccc([N+](=O)[O-])cc2)C1.Cc1c(Cl)cccc1Nc1c(-c2ccncc2)[nH]c2c1C(=O)CC(C)(C)C2. The molecule has 0 radical (unpaired) electrons. The Morgan fingerprint density at radius 1 is 0.691 bits per heavy atom. The highest BCUT2D eigenvalue weighted by atomic mass is 35.5. The van der Waals surface area contributed by atoms with Crippen LogP contribution in [-0.4, -0.2) is 36.4 Å². The maximum Gasteiger partial charge on any atom is 0.269 e. The number of non-ortho nitro benzene ring substituents is 1. The van der Waals surface area contributed by atoms with Crippen LogP contribution in [0, 0.1) is 27.9 Å². The maximum absolute atomic E-state index is 13.0. The topological polar surface area (TPSA) is 159 Å². The van der Waals surface area contributed by atoms with Crippen molar-refractivity contribution in [3.63, 3.8) is 0 Å². The molecule has 4 aromatic heterocycles. The number of carbonyl (C=O) groups is 2. The van der Waals surface area contributed by atoms with Gasteiger partial charge in [-0.15, -0.1) is 0 Å². The Labute approximate surface area is 324 Å². The fourth-order valence-corrected chi connectivity index (χ4v) is 7.70. The summed E-state index contributed by atoms with van der Waals surface area (Å²) < 4.78 is 0. The first-order valence-electron chi connectivity index (χ1n) is 18.1. The summed E-state index contributed by atoms with van der Waals surface area (Å²) in [4.78, 5) is 51.5. The molecule has 12 heteroatoms. The number of anilines is 4. The number of ketones is 2. The van der Waals surface area contributed by atoms with Crippen molar-refractivity contribution in [3.05, 3.63) is 135 Å². The molecular weight excluding hydrogens is 714 g/mol. The van der Waals surface area contributed by atoms with E-state index in [9.17, 15) is 19.7 Å². The summed E-state index contributed by atoms with van der Waals surface area (Å²) in [6.45, 7) is 10.4. The summed E-state index contributed by atoms with van der Waals surface area (Å²) in [6.07, 6.45) is 9.55. The second-order valence-corrected chi connectivity index (χ2v) is 16.2. The molecule has 4 N–H and O–H groups in total. The zero-order chi connectivity index (χ0) is 39.1. The van der Waals surface area contributed by atoms with Gasteiger partial charge >= 0.3 is 0 Å². The van der Waals surface area contributed by atoms with Gasteiger partial charge in [0, 0.05) is 88.7 Å². The van der Waals surface area contributed by atoms with Gasteiger partial charge in [0.25, 0.3) is 5.69 Å². The van der Waals surface area contributed by atoms with Crippen LogP contribution in [0.4, 0.5) is 28.4 Å². The number of fused-ring (bicyclic) bond motifs is 2. The van der Waals surface area contributed by atoms with Gasteiger partial charge in [0.1, 0.15) is 0 Å². The van der Waals surface area contributed by atoms with Gasteiger partial charge in [-0.1, -0.05) is 45.4 Å². The zero-order valence-corrected chi connectivity index (χ0v) is 32.1. The number of aromatic nitrogens is 4. The predicted molar refractivity (Wildman–Crippen MR) is 217 cm³/mol. The molecule has 11 nitrogen and oxygen atoms in total. The van der Waals surface area contributed by atoms with E-state index in [1.807, 2.05) is 49.4 Å². The molecular formula is C43H42ClN7O4. The van der Waals surface area contributed by atoms with E-state index in [1.165, 1.54) is 12.1 Å². The number of carbonyl (C=O) groups excluding carboxylic acids is 2. The number of aromatic amines is 2. The molecule has 2 aromatic carbocycles. The van der Waals surface area contributed by atoms with Crippen LogP contribution in [0.1, 0.15) is 78.2 Å². The molecule has 0 amide bonds. The van der Waals surface area contributed by atoms with Gasteiger partial charge in [0.15, 0.2) is 11.6 Å². The molecule has 0 bridgehead atoms. The number of nitro benzene ring substituents is 1. The van der Waals surface area contributed by atoms with Gasteiger partial charge in [-0.3, -0.25) is 29.7 Å². The molecule has 2 aliphatic rings. The third kappa shape index (κ3) is 7.79. The first-order chi connectivity index (χ1) is 26.2. The Hall–Kier alpha value is -6.07. The van der Waals surface area contributed by atoms with Crippen molar-refractivity contribution >= 4 is 51.6 Å². The van der Waals surface area contributed by atoms with Gasteiger partial charge < -0.3 is 20.6 Å². The molecule has 0 saturated heterocycles. The number of rotatable bonds is 7. The average molecular weight is 756 g/mol. The third-order valence-corrected chi connectivity index (χ3v) is 10.5. The van der Waals surface area contributed by atoms with E-state index in [4.69, 9.17) is 11.6 Å². The van der Waals surface area contributed by atoms with Crippen LogP contribution in [0.5, 0.6) is 0 Å². The van der Waals surface area contributed by atoms with E-state index >= 15 is 0 Å². The van der Waals surface area contributed by atoms with Crippen LogP contribution in [0.25, 0.3) is 22.5 Å². The number of hydrogen-bond donors (Lipinski definition) is 4. The Morgan fingerprint density at radius 3 is 1.64 bits per heavy atom. The lowest BCUT2D eigenvalue weighted by Gasteiger charge is -2.28. The van der Waals surface area contributed by atoms with E-state index in [2.05, 4.69) is 58.3 Å². The first-order valence-corrected chi connectivity index (χ1v) is 18.5. The summed E-state index contributed by atoms with van der Waals surface area (Å²) in [5, 5.41) is 18.4. The molecule has 0 aliphatic heterocycles. The van der Waals surface area contributed by atoms with Crippen LogP contribution in [-0.2, 0) is 12.8 Å². The molecule has 55 heavy (non-hydrogen) atoms. The summed E-state index contributed by atoms with van der Waals surface area (Å²) in [5.41, 5.74) is 10.9. The quantitative estimate of drug-likeness (QED) is 0.0925. The molecule has 0 saturated carbocycles. The van der Waals surface area contributed by atoms with Gasteiger partial charge in [0.2, 0.25) is 0 Å². The monoisotopic (exact) mass is 755 g/mol. The number of pyridine rings is 2. The van der Waals surface area contributed by atoms with Crippen molar-refractivity contribution in [1.29, 1.82) is 0 Å². The first kappa shape index (κ1) is 37.3. The van der Waals surface area contributed by atoms with Gasteiger partial charge in [0.05, 0.1) is 38.8 Å². The molecule has 8 rings (SSSR count). The summed E-state index contributed by atoms with van der Waals surface area (Å²) in [7, 11) is 0. The third-order valence-electron chi connectivity index (χ3n) is 10.1. The molecule has 0 unspecified atom stereocenters. The molecule has 0 spiro atoms. The second-order valence-electron chi connectivity index (χ2n) is 15.8. The standard InChI is InChI=1S/C22H22ClN3O.C21H20N4O3/c1-13-15(23)5-4-6-16(13)25-21-19-17(11-22(2,3)12-18(19)27)26-20(21)14-7-9-24-10-8-14;1-21(2)11-16-18(17(26)12-21)20(19(24-16)13-7-9-22-10-8-13)23-14-3-5-15(6-4-14)25(27)28/h4-10,25-26H,11-12H2,1-3H3;3-10,23-24H,11-12H2,1-2H3. The predicted octanol–water partition coefficient (Wildman–Crippen LogP) is 10.8. The van der Waals surface area contributed by atoms with Crippen molar-refractivity contribution in [1.82, 2.24) is 19.9 Å². The summed E-state index contributed by atoms with van der Waals surface area (Å²) in [5.74, 6) is 0.257. The second kappa shape index (κ2) is 14.6. The van der Waals surface area contributed by atoms with Gasteiger partial charge in [-0.25, -0.2) is 0 Å². The zero-order valence-electron chi connectivity index (χ0n) is 31.3. The van der Waals surface area contributed by atoms with E-state index < -0.39 is 4.92 Å². The number of benzene rings is 2. The lowest BCUT2D eigenvalue weighted by molar-refractivity contribution is -0.384. The lowest BCUT2D eigenvalue weighted by Crippen LogP contribution is -2.26. The highest BCUT2D eigenvalue weighted by molar-refractivity contribution is 6.31. The Kier molecular flexibility index (Phi) is 9.91. The van der Waals surface area contributed by atoms with E-state index in [-0.39, 0.29) is 28.1 Å². The highest BCUT2D eigenvalue weighted by Gasteiger charge is 2.37. The minimum Gasteiger partial charge on any atom is -0.356 e. The normalized spacial score (nSPS) is 15.3. The number of H-pyrrole nitrogens is 2. The van der Waals surface area contributed by atoms with E-state index in [0.29, 0.717) is 34.8 Å². The Bertz CT molecular complexity index is 2420. The van der Waals surface area contributed by atoms with Crippen LogP contribution in [0.3, 0.4) is 0 Å². The van der Waals surface area contributed by atoms with Crippen LogP contribution in [0.2, 0.25) is 5.02 Å². The van der Waals surface area contributed by atoms with Crippen molar-refractivity contribution in [2.75, 3.05) is 10.6 Å². The largest absolute Gasteiger partial charge is 0.356 e. The van der Waals surface area contributed by atoms with E-state index in [0.717, 1.165) is 69.2 Å². The number of nitrogens with one attached hydrogen (secondary N) is 4. The van der Waals surface area contributed by atoms with Crippen molar-refractivity contribution in [2.24, 2.45) is 10.8 Å². The minimum absolute atomic E-state index is 0.0221. The maximum atomic E-state index is 13.0. The molecule has 0 fully saturated rings. The molecule has 2 aliphatic carbocycles. The number of hydrogen-bond acceptors (Lipinski definition) is 8. The van der Waals surface area contributed by atoms with Crippen molar-refractivity contribution in [2.45, 2.75) is 60.3 Å². The number of nitro groups is 1. The lowest BCUT2D eigenvalue weighted by atomic mass is 9.76. The van der Waals surface area contributed by atoms with E-state index in [1.54, 1.807) is 36.9 Å². The van der Waals surface area contributed by atoms with Crippen LogP contribution < -0.4 is 10.6 Å². The molecule has 280 valence electrons. The molecule has 4 heterocycles.